The van der Waals surface area contributed by atoms with E-state index in [1.807, 2.05) is 11.3 Å². The summed E-state index contributed by atoms with van der Waals surface area (Å²) < 4.78 is 5.06. The number of anilines is 3. The third-order valence-corrected chi connectivity index (χ3v) is 11.2. The van der Waals surface area contributed by atoms with Gasteiger partial charge in [0.2, 0.25) is 0 Å². The van der Waals surface area contributed by atoms with E-state index in [1.165, 1.54) is 69.9 Å². The predicted molar refractivity (Wildman–Crippen MR) is 219 cm³/mol. The van der Waals surface area contributed by atoms with Crippen LogP contribution in [0.4, 0.5) is 17.1 Å². The molecule has 0 aliphatic carbocycles. The Kier molecular flexibility index (Phi) is 7.04. The molecule has 0 N–H and O–H groups in total. The fourth-order valence-electron chi connectivity index (χ4n) is 7.73. The molecule has 0 aliphatic rings. The fraction of sp³-hybridized carbons (Fsp3) is 0. The lowest BCUT2D eigenvalue weighted by Gasteiger charge is -2.26. The van der Waals surface area contributed by atoms with Crippen LogP contribution in [0.5, 0.6) is 0 Å². The average Bonchev–Trinajstić information content (AvgIpc) is 3.76. The Bertz CT molecular complexity index is 2850. The molecule has 2 heterocycles. The van der Waals surface area contributed by atoms with E-state index in [0.717, 1.165) is 17.1 Å². The second-order valence-electron chi connectivity index (χ2n) is 12.9. The number of aromatic nitrogens is 1. The molecule has 2 nitrogen and oxygen atoms in total. The number of thiophene rings is 1. The van der Waals surface area contributed by atoms with Gasteiger partial charge < -0.3 is 9.47 Å². The van der Waals surface area contributed by atoms with Crippen molar-refractivity contribution in [1.82, 2.24) is 4.57 Å². The van der Waals surface area contributed by atoms with Gasteiger partial charge in [-0.15, -0.1) is 11.3 Å². The number of nitrogens with zero attached hydrogens (tertiary/aromatic N) is 2. The first kappa shape index (κ1) is 29.5. The molecule has 10 aromatic rings. The third-order valence-electron chi connectivity index (χ3n) is 10.00. The van der Waals surface area contributed by atoms with Crippen molar-refractivity contribution in [2.75, 3.05) is 4.90 Å². The summed E-state index contributed by atoms with van der Waals surface area (Å²) in [5.74, 6) is 0. The summed E-state index contributed by atoms with van der Waals surface area (Å²) >= 11 is 1.86. The molecule has 0 aliphatic heterocycles. The van der Waals surface area contributed by atoms with E-state index in [1.54, 1.807) is 0 Å². The lowest BCUT2D eigenvalue weighted by molar-refractivity contribution is 1.18. The zero-order valence-electron chi connectivity index (χ0n) is 27.8. The van der Waals surface area contributed by atoms with Crippen LogP contribution in [-0.2, 0) is 0 Å². The minimum absolute atomic E-state index is 1.12. The van der Waals surface area contributed by atoms with Crippen molar-refractivity contribution >= 4 is 70.4 Å². The first-order valence-electron chi connectivity index (χ1n) is 17.4. The Hall–Kier alpha value is -6.42. The summed E-state index contributed by atoms with van der Waals surface area (Å²) in [6.07, 6.45) is 0. The van der Waals surface area contributed by atoms with E-state index in [2.05, 4.69) is 204 Å². The Balaban J connectivity index is 1.15. The minimum atomic E-state index is 1.12. The maximum absolute atomic E-state index is 2.47. The molecule has 240 valence electrons. The number of rotatable bonds is 6. The van der Waals surface area contributed by atoms with E-state index in [0.29, 0.717) is 0 Å². The van der Waals surface area contributed by atoms with Gasteiger partial charge >= 0.3 is 0 Å². The van der Waals surface area contributed by atoms with Crippen molar-refractivity contribution in [3.05, 3.63) is 194 Å². The molecule has 0 amide bonds. The van der Waals surface area contributed by atoms with Crippen LogP contribution in [0.15, 0.2) is 194 Å². The monoisotopic (exact) mass is 668 g/mol. The van der Waals surface area contributed by atoms with Gasteiger partial charge in [0.1, 0.15) is 0 Å². The molecule has 10 rings (SSSR count). The summed E-state index contributed by atoms with van der Waals surface area (Å²) in [4.78, 5) is 2.40. The van der Waals surface area contributed by atoms with Gasteiger partial charge in [-0.05, 0) is 59.7 Å². The van der Waals surface area contributed by atoms with Gasteiger partial charge in [0.05, 0.1) is 27.1 Å². The maximum atomic E-state index is 2.47. The number of hydrogen-bond acceptors (Lipinski definition) is 2. The van der Waals surface area contributed by atoms with Crippen LogP contribution < -0.4 is 4.90 Å². The predicted octanol–water partition coefficient (Wildman–Crippen LogP) is 14.0. The summed E-state index contributed by atoms with van der Waals surface area (Å²) in [7, 11) is 0. The highest BCUT2D eigenvalue weighted by Crippen LogP contribution is 2.45. The van der Waals surface area contributed by atoms with Crippen molar-refractivity contribution in [2.24, 2.45) is 0 Å². The Morgan fingerprint density at radius 2 is 0.980 bits per heavy atom. The van der Waals surface area contributed by atoms with E-state index in [9.17, 15) is 0 Å². The number of benzene rings is 8. The number of para-hydroxylation sites is 4. The van der Waals surface area contributed by atoms with Crippen LogP contribution in [0.3, 0.4) is 0 Å². The van der Waals surface area contributed by atoms with Gasteiger partial charge in [0, 0.05) is 48.7 Å². The van der Waals surface area contributed by atoms with E-state index < -0.39 is 0 Å². The lowest BCUT2D eigenvalue weighted by atomic mass is 10.0. The molecule has 0 saturated carbocycles. The molecule has 8 aromatic carbocycles. The Morgan fingerprint density at radius 3 is 1.82 bits per heavy atom. The van der Waals surface area contributed by atoms with Crippen LogP contribution in [0.2, 0.25) is 0 Å². The molecule has 0 fully saturated rings. The summed E-state index contributed by atoms with van der Waals surface area (Å²) in [6.45, 7) is 0. The molecule has 0 atom stereocenters. The molecule has 51 heavy (non-hydrogen) atoms. The highest BCUT2D eigenvalue weighted by molar-refractivity contribution is 7.26. The van der Waals surface area contributed by atoms with Crippen LogP contribution >= 0.6 is 11.3 Å². The topological polar surface area (TPSA) is 8.17 Å². The normalized spacial score (nSPS) is 11.5. The summed E-state index contributed by atoms with van der Waals surface area (Å²) in [5, 5.41) is 5.11. The van der Waals surface area contributed by atoms with Gasteiger partial charge in [-0.3, -0.25) is 0 Å². The Morgan fingerprint density at radius 1 is 0.392 bits per heavy atom. The van der Waals surface area contributed by atoms with E-state index in [-0.39, 0.29) is 0 Å². The summed E-state index contributed by atoms with van der Waals surface area (Å²) in [6, 6.07) is 70.2. The van der Waals surface area contributed by atoms with E-state index in [4.69, 9.17) is 0 Å². The first-order valence-corrected chi connectivity index (χ1v) is 18.2. The van der Waals surface area contributed by atoms with Crippen LogP contribution in [-0.4, -0.2) is 4.57 Å². The number of fused-ring (bicyclic) bond motifs is 6. The van der Waals surface area contributed by atoms with Crippen LogP contribution in [0.25, 0.3) is 69.9 Å². The van der Waals surface area contributed by atoms with Gasteiger partial charge in [0.25, 0.3) is 0 Å². The molecule has 0 spiro atoms. The lowest BCUT2D eigenvalue weighted by Crippen LogP contribution is -2.09. The molecule has 0 saturated heterocycles. The molecule has 0 unspecified atom stereocenters. The third kappa shape index (κ3) is 4.85. The largest absolute Gasteiger partial charge is 0.309 e. The molecule has 0 bridgehead atoms. The fourth-order valence-corrected chi connectivity index (χ4v) is 8.94. The molecule has 3 heteroatoms. The van der Waals surface area contributed by atoms with Crippen LogP contribution in [0.1, 0.15) is 0 Å². The molecular weight excluding hydrogens is 637 g/mol. The molecular formula is C48H32N2S. The maximum Gasteiger partial charge on any atom is 0.0640 e. The van der Waals surface area contributed by atoms with E-state index >= 15 is 0 Å². The molecule has 2 aromatic heterocycles. The van der Waals surface area contributed by atoms with Crippen molar-refractivity contribution < 1.29 is 0 Å². The quantitative estimate of drug-likeness (QED) is 0.171. The minimum Gasteiger partial charge on any atom is -0.309 e. The van der Waals surface area contributed by atoms with Gasteiger partial charge in [0.15, 0.2) is 0 Å². The first-order chi connectivity index (χ1) is 25.3. The average molecular weight is 669 g/mol. The highest BCUT2D eigenvalue weighted by atomic mass is 32.1. The SMILES string of the molecule is c1ccc(-c2cccc3c4ccccc4n(-c4ccccc4-c4ccc(N(c5ccccc5)c5cccc6c5sc5ccccc56)cc4)c23)cc1. The van der Waals surface area contributed by atoms with Gasteiger partial charge in [-0.1, -0.05) is 146 Å². The van der Waals surface area contributed by atoms with Crippen molar-refractivity contribution in [2.45, 2.75) is 0 Å². The summed E-state index contributed by atoms with van der Waals surface area (Å²) in [5.41, 5.74) is 11.8. The van der Waals surface area contributed by atoms with Gasteiger partial charge in [-0.25, -0.2) is 0 Å². The van der Waals surface area contributed by atoms with Crippen molar-refractivity contribution in [3.8, 4) is 27.9 Å². The second kappa shape index (κ2) is 12.2. The zero-order valence-corrected chi connectivity index (χ0v) is 28.6. The highest BCUT2D eigenvalue weighted by Gasteiger charge is 2.20. The smallest absolute Gasteiger partial charge is 0.0640 e. The number of hydrogen-bond donors (Lipinski definition) is 0. The zero-order chi connectivity index (χ0) is 33.7. The van der Waals surface area contributed by atoms with Crippen molar-refractivity contribution in [3.63, 3.8) is 0 Å². The van der Waals surface area contributed by atoms with Gasteiger partial charge in [-0.2, -0.15) is 0 Å². The Labute approximate surface area is 300 Å². The second-order valence-corrected chi connectivity index (χ2v) is 14.0. The molecule has 0 radical (unpaired) electrons. The van der Waals surface area contributed by atoms with Crippen molar-refractivity contribution in [1.29, 1.82) is 0 Å². The standard InChI is InChI=1S/C48H32N2S/c1-3-15-33(16-4-1)38-22-13-23-41-39-20-8-11-26-44(39)50(47(38)41)43-25-10-7-19-37(43)34-29-31-36(32-30-34)49(35-17-5-2-6-18-35)45-27-14-24-42-40-21-9-12-28-46(40)51-48(42)45/h1-32H. The van der Waals surface area contributed by atoms with Crippen LogP contribution in [0, 0.1) is 0 Å².